The maximum absolute atomic E-state index is 14.1. The van der Waals surface area contributed by atoms with Crippen molar-refractivity contribution in [1.82, 2.24) is 24.5 Å². The number of hydrogen-bond acceptors (Lipinski definition) is 7. The summed E-state index contributed by atoms with van der Waals surface area (Å²) in [6.45, 7) is 4.58. The van der Waals surface area contributed by atoms with Crippen LogP contribution < -0.4 is 11.1 Å². The summed E-state index contributed by atoms with van der Waals surface area (Å²) in [5, 5.41) is 6.66. The first-order chi connectivity index (χ1) is 23.4. The zero-order valence-electron chi connectivity index (χ0n) is 27.6. The van der Waals surface area contributed by atoms with Gasteiger partial charge in [-0.05, 0) is 68.6 Å². The Balaban J connectivity index is 1.02. The van der Waals surface area contributed by atoms with Crippen molar-refractivity contribution in [3.05, 3.63) is 44.6 Å². The van der Waals surface area contributed by atoms with Crippen LogP contribution in [-0.4, -0.2) is 113 Å². The number of amides is 4. The van der Waals surface area contributed by atoms with Crippen molar-refractivity contribution in [1.29, 1.82) is 0 Å². The van der Waals surface area contributed by atoms with Gasteiger partial charge in [0.1, 0.15) is 0 Å². The molecule has 4 amide bonds. The van der Waals surface area contributed by atoms with Crippen LogP contribution in [0, 0.1) is 5.92 Å². The van der Waals surface area contributed by atoms with Gasteiger partial charge < -0.3 is 30.7 Å². The molecular weight excluding hydrogens is 679 g/mol. The van der Waals surface area contributed by atoms with Crippen LogP contribution in [0.5, 0.6) is 0 Å². The molecule has 10 nitrogen and oxygen atoms in total. The largest absolute Gasteiger partial charge is 0.418 e. The molecule has 1 aromatic carbocycles. The van der Waals surface area contributed by atoms with E-state index in [-0.39, 0.29) is 47.3 Å². The number of rotatable bonds is 7. The molecule has 0 spiro atoms. The summed E-state index contributed by atoms with van der Waals surface area (Å²) in [6.07, 6.45) is -0.873. The molecule has 49 heavy (non-hydrogen) atoms. The van der Waals surface area contributed by atoms with Gasteiger partial charge in [-0.3, -0.25) is 14.5 Å². The second kappa shape index (κ2) is 13.6. The summed E-state index contributed by atoms with van der Waals surface area (Å²) >= 11 is 7.70. The number of likely N-dealkylation sites (N-methyl/N-ethyl adjacent to an activating group) is 1. The molecule has 5 aliphatic rings. The Morgan fingerprint density at radius 2 is 1.69 bits per heavy atom. The quantitative estimate of drug-likeness (QED) is 0.392. The average Bonchev–Trinajstić information content (AvgIpc) is 3.80. The number of alkyl halides is 3. The number of halogens is 4. The average molecular weight is 722 g/mol. The zero-order chi connectivity index (χ0) is 34.6. The molecule has 1 aromatic heterocycles. The monoisotopic (exact) mass is 721 g/mol. The van der Waals surface area contributed by atoms with Gasteiger partial charge >= 0.3 is 12.2 Å². The molecule has 2 aromatic rings. The standard InChI is InChI=1S/C34H43ClF3N7O3S/c1-41-16-26-14-25(41)17-44(26)23-4-8-43(9-5-23)32(47)21(10-20-11-27(34(36,37)38)31(39)28(35)12-20)13-30(46)42-6-2-24(3-7-42)45-15-22-18-49-19-29(22)40-33(45)48/h11-12,18-19,21,23-26H,2-10,13-17,39H2,1H3,(H,40,48)/t21-,25?,26?/m0/s1. The highest BCUT2D eigenvalue weighted by Gasteiger charge is 2.45. The third-order valence-electron chi connectivity index (χ3n) is 11.4. The number of fused-ring (bicyclic) bond motifs is 3. The lowest BCUT2D eigenvalue weighted by molar-refractivity contribution is -0.143. The third-order valence-corrected chi connectivity index (χ3v) is 12.5. The van der Waals surface area contributed by atoms with Gasteiger partial charge in [0.25, 0.3) is 0 Å². The Morgan fingerprint density at radius 1 is 1.00 bits per heavy atom. The number of likely N-dealkylation sites (tertiary alicyclic amines) is 4. The number of nitrogens with zero attached hydrogens (tertiary/aromatic N) is 5. The number of benzene rings is 1. The number of nitrogen functional groups attached to an aromatic ring is 1. The van der Waals surface area contributed by atoms with Crippen LogP contribution in [0.1, 0.15) is 55.2 Å². The lowest BCUT2D eigenvalue weighted by Gasteiger charge is -2.42. The van der Waals surface area contributed by atoms with Gasteiger partial charge in [-0.1, -0.05) is 11.6 Å². The topological polar surface area (TPSA) is 105 Å². The molecule has 0 saturated carbocycles. The molecule has 2 bridgehead atoms. The molecule has 266 valence electrons. The van der Waals surface area contributed by atoms with Crippen molar-refractivity contribution in [2.45, 2.75) is 81.8 Å². The molecular formula is C34H43ClF3N7O3S. The number of hydrogen-bond donors (Lipinski definition) is 2. The van der Waals surface area contributed by atoms with E-state index in [0.29, 0.717) is 63.7 Å². The van der Waals surface area contributed by atoms with Gasteiger partial charge in [-0.15, -0.1) is 11.3 Å². The maximum Gasteiger partial charge on any atom is 0.418 e. The summed E-state index contributed by atoms with van der Waals surface area (Å²) in [5.41, 5.74) is 6.22. The highest BCUT2D eigenvalue weighted by Crippen LogP contribution is 2.39. The summed E-state index contributed by atoms with van der Waals surface area (Å²) in [7, 11) is 2.17. The van der Waals surface area contributed by atoms with E-state index in [2.05, 4.69) is 22.2 Å². The van der Waals surface area contributed by atoms with Crippen LogP contribution in [0.25, 0.3) is 0 Å². The van der Waals surface area contributed by atoms with Crippen LogP contribution >= 0.6 is 22.9 Å². The van der Waals surface area contributed by atoms with Gasteiger partial charge in [0, 0.05) is 80.8 Å². The van der Waals surface area contributed by atoms with Crippen LogP contribution in [-0.2, 0) is 28.7 Å². The van der Waals surface area contributed by atoms with Crippen LogP contribution in [0.2, 0.25) is 5.02 Å². The number of carbonyl (C=O) groups is 3. The molecule has 15 heteroatoms. The summed E-state index contributed by atoms with van der Waals surface area (Å²) in [5.74, 6) is -1.30. The van der Waals surface area contributed by atoms with E-state index >= 15 is 0 Å². The van der Waals surface area contributed by atoms with E-state index < -0.39 is 23.3 Å². The van der Waals surface area contributed by atoms with Gasteiger partial charge in [0.2, 0.25) is 11.8 Å². The zero-order valence-corrected chi connectivity index (χ0v) is 29.1. The Labute approximate surface area is 293 Å². The minimum Gasteiger partial charge on any atom is -0.397 e. The number of anilines is 2. The van der Waals surface area contributed by atoms with Gasteiger partial charge in [0.05, 0.1) is 34.4 Å². The van der Waals surface area contributed by atoms with Crippen molar-refractivity contribution >= 4 is 52.2 Å². The van der Waals surface area contributed by atoms with Gasteiger partial charge in [0.15, 0.2) is 0 Å². The molecule has 5 aliphatic heterocycles. The summed E-state index contributed by atoms with van der Waals surface area (Å²) in [6, 6.07) is 3.68. The van der Waals surface area contributed by atoms with E-state index in [1.165, 1.54) is 12.5 Å². The van der Waals surface area contributed by atoms with E-state index in [9.17, 15) is 27.6 Å². The first kappa shape index (κ1) is 34.4. The number of urea groups is 1. The molecule has 4 fully saturated rings. The van der Waals surface area contributed by atoms with E-state index in [4.69, 9.17) is 17.3 Å². The normalized spacial score (nSPS) is 24.8. The molecule has 0 aliphatic carbocycles. The highest BCUT2D eigenvalue weighted by molar-refractivity contribution is 7.08. The van der Waals surface area contributed by atoms with Gasteiger partial charge in [-0.25, -0.2) is 4.79 Å². The van der Waals surface area contributed by atoms with Crippen molar-refractivity contribution in [2.24, 2.45) is 5.92 Å². The minimum absolute atomic E-state index is 0.0280. The minimum atomic E-state index is -4.72. The van der Waals surface area contributed by atoms with Crippen LogP contribution in [0.3, 0.4) is 0 Å². The molecule has 0 radical (unpaired) electrons. The Kier molecular flexibility index (Phi) is 9.52. The van der Waals surface area contributed by atoms with Crippen LogP contribution in [0.15, 0.2) is 22.9 Å². The third kappa shape index (κ3) is 6.98. The van der Waals surface area contributed by atoms with Crippen molar-refractivity contribution in [2.75, 3.05) is 57.4 Å². The van der Waals surface area contributed by atoms with Crippen molar-refractivity contribution in [3.8, 4) is 0 Å². The fraction of sp³-hybridized carbons (Fsp3) is 0.618. The molecule has 7 rings (SSSR count). The Bertz CT molecular complexity index is 1590. The van der Waals surface area contributed by atoms with E-state index in [1.54, 1.807) is 21.1 Å². The Hall–Kier alpha value is -3.07. The smallest absolute Gasteiger partial charge is 0.397 e. The molecule has 3 atom stereocenters. The highest BCUT2D eigenvalue weighted by atomic mass is 35.5. The number of nitrogens with two attached hydrogens (primary N) is 1. The number of carbonyl (C=O) groups excluding carboxylic acids is 3. The van der Waals surface area contributed by atoms with Gasteiger partial charge in [-0.2, -0.15) is 13.2 Å². The number of thiophene rings is 1. The first-order valence-corrected chi connectivity index (χ1v) is 18.5. The summed E-state index contributed by atoms with van der Waals surface area (Å²) < 4.78 is 41.5. The molecule has 6 heterocycles. The fourth-order valence-electron chi connectivity index (χ4n) is 8.64. The molecule has 3 N–H and O–H groups in total. The predicted molar refractivity (Wildman–Crippen MR) is 182 cm³/mol. The number of piperazine rings is 1. The second-order valence-corrected chi connectivity index (χ2v) is 15.5. The molecule has 2 unspecified atom stereocenters. The number of piperidine rings is 2. The van der Waals surface area contributed by atoms with E-state index in [1.807, 2.05) is 15.7 Å². The fourth-order valence-corrected chi connectivity index (χ4v) is 9.66. The maximum atomic E-state index is 14.1. The Morgan fingerprint density at radius 3 is 2.35 bits per heavy atom. The second-order valence-electron chi connectivity index (χ2n) is 14.4. The summed E-state index contributed by atoms with van der Waals surface area (Å²) in [4.78, 5) is 51.0. The number of nitrogens with one attached hydrogen (secondary N) is 1. The predicted octanol–water partition coefficient (Wildman–Crippen LogP) is 4.97. The van der Waals surface area contributed by atoms with E-state index in [0.717, 1.165) is 43.2 Å². The SMILES string of the molecule is CN1CC2CC1CN2C1CCN(C(=O)[C@H](CC(=O)N2CCC(N3Cc4cscc4NC3=O)CC2)Cc2cc(Cl)c(N)c(C(F)(F)F)c2)CC1. The van der Waals surface area contributed by atoms with Crippen LogP contribution in [0.4, 0.5) is 29.3 Å². The van der Waals surface area contributed by atoms with Crippen molar-refractivity contribution in [3.63, 3.8) is 0 Å². The molecule has 4 saturated heterocycles. The lowest BCUT2D eigenvalue weighted by atomic mass is 9.91. The lowest BCUT2D eigenvalue weighted by Crippen LogP contribution is -2.54. The van der Waals surface area contributed by atoms with Crippen molar-refractivity contribution < 1.29 is 27.6 Å². The first-order valence-electron chi connectivity index (χ1n) is 17.2.